The van der Waals surface area contributed by atoms with E-state index in [9.17, 15) is 18.0 Å². The van der Waals surface area contributed by atoms with E-state index in [-0.39, 0.29) is 10.8 Å². The Morgan fingerprint density at radius 3 is 2.25 bits per heavy atom. The van der Waals surface area contributed by atoms with E-state index >= 15 is 0 Å². The van der Waals surface area contributed by atoms with Crippen LogP contribution in [0.5, 0.6) is 0 Å². The number of carbonyl (C=O) groups excluding carboxylic acids is 2. The van der Waals surface area contributed by atoms with Gasteiger partial charge in [0.1, 0.15) is 6.04 Å². The van der Waals surface area contributed by atoms with Gasteiger partial charge >= 0.3 is 6.03 Å². The van der Waals surface area contributed by atoms with Crippen molar-refractivity contribution in [1.29, 1.82) is 0 Å². The average molecular weight is 353 g/mol. The number of nitrogens with zero attached hydrogens (tertiary/aromatic N) is 1. The molecule has 7 nitrogen and oxygen atoms in total. The number of hydrogen-bond acceptors (Lipinski definition) is 4. The second-order valence-electron chi connectivity index (χ2n) is 6.00. The fraction of sp³-hybridized carbons (Fsp3) is 0.500. The van der Waals surface area contributed by atoms with Crippen LogP contribution in [0, 0.1) is 6.92 Å². The lowest BCUT2D eigenvalue weighted by Crippen LogP contribution is -2.51. The molecule has 1 fully saturated rings. The lowest BCUT2D eigenvalue weighted by Gasteiger charge is -2.29. The fourth-order valence-electron chi connectivity index (χ4n) is 2.57. The summed E-state index contributed by atoms with van der Waals surface area (Å²) in [5, 5.41) is 2.39. The van der Waals surface area contributed by atoms with Gasteiger partial charge in [0.15, 0.2) is 0 Å². The molecule has 1 saturated heterocycles. The number of amides is 3. The highest BCUT2D eigenvalue weighted by molar-refractivity contribution is 7.90. The predicted molar refractivity (Wildman–Crippen MR) is 89.9 cm³/mol. The van der Waals surface area contributed by atoms with Gasteiger partial charge < -0.3 is 10.2 Å². The Kier molecular flexibility index (Phi) is 5.82. The first-order chi connectivity index (χ1) is 11.3. The van der Waals surface area contributed by atoms with Crippen LogP contribution in [0.15, 0.2) is 29.2 Å². The number of nitrogens with one attached hydrogen (secondary N) is 2. The van der Waals surface area contributed by atoms with E-state index in [2.05, 4.69) is 5.32 Å². The maximum absolute atomic E-state index is 12.2. The van der Waals surface area contributed by atoms with Crippen LogP contribution >= 0.6 is 0 Å². The summed E-state index contributed by atoms with van der Waals surface area (Å²) in [7, 11) is -3.96. The van der Waals surface area contributed by atoms with Crippen molar-refractivity contribution in [2.45, 2.75) is 44.0 Å². The minimum absolute atomic E-state index is 0.00161. The minimum atomic E-state index is -3.96. The third kappa shape index (κ3) is 4.70. The molecule has 3 amide bonds. The topological polar surface area (TPSA) is 95.6 Å². The molecule has 1 atom stereocenters. The molecular weight excluding hydrogens is 330 g/mol. The fourth-order valence-corrected chi connectivity index (χ4v) is 3.49. The molecule has 0 aromatic heterocycles. The van der Waals surface area contributed by atoms with Gasteiger partial charge in [-0.1, -0.05) is 17.7 Å². The number of urea groups is 1. The summed E-state index contributed by atoms with van der Waals surface area (Å²) in [6.45, 7) is 4.74. The standard InChI is InChI=1S/C16H23N3O4S/c1-12-6-8-14(9-7-12)24(22,23)18-16(21)17-13(2)15(20)19-10-4-3-5-11-19/h6-9,13H,3-5,10-11H2,1-2H3,(H2,17,18,21)/t13-/m0/s1. The SMILES string of the molecule is Cc1ccc(S(=O)(=O)NC(=O)N[C@@H](C)C(=O)N2CCCCC2)cc1. The largest absolute Gasteiger partial charge is 0.341 e. The van der Waals surface area contributed by atoms with Crippen LogP contribution in [-0.4, -0.2) is 44.4 Å². The van der Waals surface area contributed by atoms with Gasteiger partial charge in [-0.2, -0.15) is 0 Å². The number of sulfonamides is 1. The number of benzene rings is 1. The molecule has 1 aromatic carbocycles. The molecule has 0 radical (unpaired) electrons. The first-order valence-corrected chi connectivity index (χ1v) is 9.47. The normalized spacial score (nSPS) is 16.3. The predicted octanol–water partition coefficient (Wildman–Crippen LogP) is 1.38. The van der Waals surface area contributed by atoms with Crippen molar-refractivity contribution in [2.75, 3.05) is 13.1 Å². The molecule has 2 rings (SSSR count). The zero-order valence-electron chi connectivity index (χ0n) is 13.9. The van der Waals surface area contributed by atoms with Gasteiger partial charge in [-0.3, -0.25) is 4.79 Å². The third-order valence-corrected chi connectivity index (χ3v) is 5.29. The number of piperidine rings is 1. The molecule has 0 spiro atoms. The molecule has 1 aromatic rings. The molecule has 0 saturated carbocycles. The zero-order valence-corrected chi connectivity index (χ0v) is 14.7. The van der Waals surface area contributed by atoms with Gasteiger partial charge in [0.05, 0.1) is 4.90 Å². The quantitative estimate of drug-likeness (QED) is 0.855. The molecule has 8 heteroatoms. The number of likely N-dealkylation sites (tertiary alicyclic amines) is 1. The van der Waals surface area contributed by atoms with Crippen molar-refractivity contribution in [3.05, 3.63) is 29.8 Å². The molecule has 0 unspecified atom stereocenters. The second-order valence-corrected chi connectivity index (χ2v) is 7.68. The summed E-state index contributed by atoms with van der Waals surface area (Å²) >= 11 is 0. The highest BCUT2D eigenvalue weighted by Crippen LogP contribution is 2.11. The van der Waals surface area contributed by atoms with Crippen LogP contribution in [0.2, 0.25) is 0 Å². The third-order valence-electron chi connectivity index (χ3n) is 3.94. The zero-order chi connectivity index (χ0) is 17.7. The summed E-state index contributed by atoms with van der Waals surface area (Å²) in [4.78, 5) is 25.9. The Bertz CT molecular complexity index is 695. The Morgan fingerprint density at radius 2 is 1.67 bits per heavy atom. The van der Waals surface area contributed by atoms with E-state index < -0.39 is 22.1 Å². The Labute approximate surface area is 142 Å². The van der Waals surface area contributed by atoms with E-state index in [1.807, 2.05) is 11.6 Å². The number of aryl methyl sites for hydroxylation is 1. The van der Waals surface area contributed by atoms with Crippen LogP contribution in [0.25, 0.3) is 0 Å². The molecule has 24 heavy (non-hydrogen) atoms. The second kappa shape index (κ2) is 7.65. The highest BCUT2D eigenvalue weighted by Gasteiger charge is 2.25. The Balaban J connectivity index is 1.94. The van der Waals surface area contributed by atoms with E-state index in [4.69, 9.17) is 0 Å². The van der Waals surface area contributed by atoms with Crippen molar-refractivity contribution in [2.24, 2.45) is 0 Å². The van der Waals surface area contributed by atoms with Gasteiger partial charge in [0, 0.05) is 13.1 Å². The molecule has 0 bridgehead atoms. The average Bonchev–Trinajstić information content (AvgIpc) is 2.54. The smallest absolute Gasteiger partial charge is 0.329 e. The van der Waals surface area contributed by atoms with Gasteiger partial charge in [-0.15, -0.1) is 0 Å². The van der Waals surface area contributed by atoms with Crippen molar-refractivity contribution >= 4 is 22.0 Å². The van der Waals surface area contributed by atoms with Crippen molar-refractivity contribution in [3.63, 3.8) is 0 Å². The first kappa shape index (κ1) is 18.3. The molecule has 1 aliphatic heterocycles. The van der Waals surface area contributed by atoms with E-state index in [0.717, 1.165) is 24.8 Å². The lowest BCUT2D eigenvalue weighted by molar-refractivity contribution is -0.133. The molecule has 132 valence electrons. The monoisotopic (exact) mass is 353 g/mol. The van der Waals surface area contributed by atoms with E-state index in [1.54, 1.807) is 24.0 Å². The molecule has 1 aliphatic rings. The van der Waals surface area contributed by atoms with Crippen LogP contribution in [-0.2, 0) is 14.8 Å². The van der Waals surface area contributed by atoms with Crippen LogP contribution in [0.1, 0.15) is 31.7 Å². The Hall–Kier alpha value is -2.09. The lowest BCUT2D eigenvalue weighted by atomic mass is 10.1. The summed E-state index contributed by atoms with van der Waals surface area (Å²) in [6.07, 6.45) is 3.00. The van der Waals surface area contributed by atoms with Gasteiger partial charge in [-0.25, -0.2) is 17.9 Å². The summed E-state index contributed by atoms with van der Waals surface area (Å²) in [5.74, 6) is -0.197. The van der Waals surface area contributed by atoms with Crippen LogP contribution in [0.4, 0.5) is 4.79 Å². The summed E-state index contributed by atoms with van der Waals surface area (Å²) in [5.41, 5.74) is 0.916. The van der Waals surface area contributed by atoms with Gasteiger partial charge in [0.25, 0.3) is 10.0 Å². The first-order valence-electron chi connectivity index (χ1n) is 7.98. The van der Waals surface area contributed by atoms with E-state index in [0.29, 0.717) is 13.1 Å². The minimum Gasteiger partial charge on any atom is -0.341 e. The van der Waals surface area contributed by atoms with Crippen molar-refractivity contribution < 1.29 is 18.0 Å². The van der Waals surface area contributed by atoms with Crippen molar-refractivity contribution in [1.82, 2.24) is 14.9 Å². The van der Waals surface area contributed by atoms with Gasteiger partial charge in [0.2, 0.25) is 5.91 Å². The molecule has 2 N–H and O–H groups in total. The van der Waals surface area contributed by atoms with Gasteiger partial charge in [-0.05, 0) is 45.2 Å². The number of carbonyl (C=O) groups is 2. The van der Waals surface area contributed by atoms with Crippen LogP contribution in [0.3, 0.4) is 0 Å². The summed E-state index contributed by atoms with van der Waals surface area (Å²) < 4.78 is 26.2. The van der Waals surface area contributed by atoms with E-state index in [1.165, 1.54) is 12.1 Å². The van der Waals surface area contributed by atoms with Crippen LogP contribution < -0.4 is 10.0 Å². The molecule has 1 heterocycles. The maximum Gasteiger partial charge on any atom is 0.329 e. The molecular formula is C16H23N3O4S. The van der Waals surface area contributed by atoms with Crippen molar-refractivity contribution in [3.8, 4) is 0 Å². The summed E-state index contributed by atoms with van der Waals surface area (Å²) in [6, 6.07) is 4.45. The Morgan fingerprint density at radius 1 is 1.08 bits per heavy atom. The number of rotatable bonds is 4. The number of hydrogen-bond donors (Lipinski definition) is 2. The molecule has 0 aliphatic carbocycles. The highest BCUT2D eigenvalue weighted by atomic mass is 32.2. The maximum atomic E-state index is 12.2.